The Bertz CT molecular complexity index is 581. The third-order valence-electron chi connectivity index (χ3n) is 4.80. The molecule has 2 aromatic heterocycles. The van der Waals surface area contributed by atoms with Gasteiger partial charge in [0.05, 0.1) is 6.04 Å². The van der Waals surface area contributed by atoms with Gasteiger partial charge in [-0.25, -0.2) is 0 Å². The molecule has 0 aromatic carbocycles. The van der Waals surface area contributed by atoms with Gasteiger partial charge in [0.2, 0.25) is 5.89 Å². The predicted molar refractivity (Wildman–Crippen MR) is 76.8 cm³/mol. The molecule has 1 saturated carbocycles. The summed E-state index contributed by atoms with van der Waals surface area (Å²) in [6.45, 7) is 4.29. The number of hydrogen-bond donors (Lipinski definition) is 1. The number of likely N-dealkylation sites (tertiary alicyclic amines) is 1. The normalized spacial score (nSPS) is 22.5. The largest absolute Gasteiger partial charge is 0.338 e. The summed E-state index contributed by atoms with van der Waals surface area (Å²) >= 11 is 0. The van der Waals surface area contributed by atoms with Crippen LogP contribution in [0.5, 0.6) is 0 Å². The molecule has 0 spiro atoms. The van der Waals surface area contributed by atoms with Gasteiger partial charge in [-0.05, 0) is 51.8 Å². The van der Waals surface area contributed by atoms with Gasteiger partial charge in [-0.1, -0.05) is 5.16 Å². The molecule has 3 heterocycles. The van der Waals surface area contributed by atoms with Crippen molar-refractivity contribution in [1.82, 2.24) is 25.2 Å². The number of nitrogens with zero attached hydrogens (tertiary/aromatic N) is 4. The predicted octanol–water partition coefficient (Wildman–Crippen LogP) is 2.61. The van der Waals surface area contributed by atoms with Crippen molar-refractivity contribution in [2.24, 2.45) is 0 Å². The molecule has 1 saturated heterocycles. The second-order valence-corrected chi connectivity index (χ2v) is 6.26. The van der Waals surface area contributed by atoms with Gasteiger partial charge in [0, 0.05) is 23.7 Å². The van der Waals surface area contributed by atoms with Crippen molar-refractivity contribution < 1.29 is 4.52 Å². The van der Waals surface area contributed by atoms with Gasteiger partial charge in [0.25, 0.3) is 0 Å². The number of rotatable bonds is 4. The maximum atomic E-state index is 5.46. The zero-order valence-corrected chi connectivity index (χ0v) is 12.3. The Morgan fingerprint density at radius 2 is 2.05 bits per heavy atom. The van der Waals surface area contributed by atoms with Crippen LogP contribution in [0.2, 0.25) is 0 Å². The van der Waals surface area contributed by atoms with Gasteiger partial charge in [-0.3, -0.25) is 10.00 Å². The SMILES string of the molecule is C[C@@H](c1nc(C2CC2)no1)N1CCC(c2ccn[nH]2)CC1. The molecule has 2 aliphatic rings. The van der Waals surface area contributed by atoms with Crippen molar-refractivity contribution >= 4 is 0 Å². The molecular weight excluding hydrogens is 266 g/mol. The summed E-state index contributed by atoms with van der Waals surface area (Å²) in [7, 11) is 0. The van der Waals surface area contributed by atoms with Gasteiger partial charge in [-0.15, -0.1) is 0 Å². The lowest BCUT2D eigenvalue weighted by molar-refractivity contribution is 0.135. The highest BCUT2D eigenvalue weighted by molar-refractivity contribution is 5.08. The van der Waals surface area contributed by atoms with Crippen molar-refractivity contribution in [1.29, 1.82) is 0 Å². The summed E-state index contributed by atoms with van der Waals surface area (Å²) in [5.41, 5.74) is 1.26. The Labute approximate surface area is 123 Å². The smallest absolute Gasteiger partial charge is 0.243 e. The molecule has 1 aliphatic carbocycles. The maximum absolute atomic E-state index is 5.46. The monoisotopic (exact) mass is 287 g/mol. The van der Waals surface area contributed by atoms with E-state index in [-0.39, 0.29) is 6.04 Å². The first-order chi connectivity index (χ1) is 10.3. The fourth-order valence-electron chi connectivity index (χ4n) is 3.17. The summed E-state index contributed by atoms with van der Waals surface area (Å²) in [6, 6.07) is 2.30. The van der Waals surface area contributed by atoms with Crippen LogP contribution >= 0.6 is 0 Å². The lowest BCUT2D eigenvalue weighted by Gasteiger charge is -2.34. The van der Waals surface area contributed by atoms with Crippen LogP contribution in [0.4, 0.5) is 0 Å². The molecule has 4 rings (SSSR count). The minimum atomic E-state index is 0.215. The Balaban J connectivity index is 1.38. The fraction of sp³-hybridized carbons (Fsp3) is 0.667. The van der Waals surface area contributed by atoms with Crippen LogP contribution in [-0.2, 0) is 0 Å². The summed E-state index contributed by atoms with van der Waals surface area (Å²) in [5, 5.41) is 11.3. The summed E-state index contributed by atoms with van der Waals surface area (Å²) in [6.07, 6.45) is 6.56. The highest BCUT2D eigenvalue weighted by Crippen LogP contribution is 2.39. The van der Waals surface area contributed by atoms with Gasteiger partial charge < -0.3 is 4.52 Å². The zero-order valence-electron chi connectivity index (χ0n) is 12.3. The standard InChI is InChI=1S/C15H21N5O/c1-10(15-17-14(19-21-15)12-2-3-12)20-8-5-11(6-9-20)13-4-7-16-18-13/h4,7,10-12H,2-3,5-6,8-9H2,1H3,(H,16,18)/t10-/m0/s1. The molecule has 2 aromatic rings. The van der Waals surface area contributed by atoms with Crippen LogP contribution < -0.4 is 0 Å². The van der Waals surface area contributed by atoms with Crippen molar-refractivity contribution in [2.75, 3.05) is 13.1 Å². The van der Waals surface area contributed by atoms with E-state index in [0.717, 1.165) is 37.6 Å². The summed E-state index contributed by atoms with van der Waals surface area (Å²) < 4.78 is 5.46. The van der Waals surface area contributed by atoms with Crippen LogP contribution in [0.25, 0.3) is 0 Å². The summed E-state index contributed by atoms with van der Waals surface area (Å²) in [4.78, 5) is 7.02. The van der Waals surface area contributed by atoms with Crippen LogP contribution in [0, 0.1) is 0 Å². The molecule has 112 valence electrons. The van der Waals surface area contributed by atoms with E-state index >= 15 is 0 Å². The summed E-state index contributed by atoms with van der Waals surface area (Å²) in [5.74, 6) is 2.84. The van der Waals surface area contributed by atoms with E-state index in [2.05, 4.69) is 38.2 Å². The highest BCUT2D eigenvalue weighted by atomic mass is 16.5. The number of hydrogen-bond acceptors (Lipinski definition) is 5. The molecule has 1 aliphatic heterocycles. The topological polar surface area (TPSA) is 70.8 Å². The third kappa shape index (κ3) is 2.60. The first-order valence-electron chi connectivity index (χ1n) is 7.88. The average Bonchev–Trinajstić information content (AvgIpc) is 3.05. The molecule has 0 unspecified atom stereocenters. The molecule has 0 bridgehead atoms. The van der Waals surface area contributed by atoms with E-state index in [1.165, 1.54) is 18.5 Å². The minimum absolute atomic E-state index is 0.215. The molecule has 2 fully saturated rings. The molecule has 21 heavy (non-hydrogen) atoms. The van der Waals surface area contributed by atoms with Gasteiger partial charge in [-0.2, -0.15) is 10.1 Å². The number of H-pyrrole nitrogens is 1. The lowest BCUT2D eigenvalue weighted by Crippen LogP contribution is -2.35. The number of aromatic nitrogens is 4. The Morgan fingerprint density at radius 1 is 1.24 bits per heavy atom. The van der Waals surface area contributed by atoms with Crippen molar-refractivity contribution in [3.8, 4) is 0 Å². The fourth-order valence-corrected chi connectivity index (χ4v) is 3.17. The van der Waals surface area contributed by atoms with E-state index in [1.54, 1.807) is 0 Å². The first kappa shape index (κ1) is 13.0. The van der Waals surface area contributed by atoms with E-state index in [1.807, 2.05) is 6.20 Å². The van der Waals surface area contributed by atoms with Crippen molar-refractivity contribution in [3.63, 3.8) is 0 Å². The van der Waals surface area contributed by atoms with Gasteiger partial charge in [0.1, 0.15) is 0 Å². The molecule has 6 nitrogen and oxygen atoms in total. The Kier molecular flexibility index (Phi) is 3.25. The Morgan fingerprint density at radius 3 is 2.71 bits per heavy atom. The van der Waals surface area contributed by atoms with Crippen LogP contribution in [-0.4, -0.2) is 38.3 Å². The molecule has 0 amide bonds. The maximum Gasteiger partial charge on any atom is 0.243 e. The minimum Gasteiger partial charge on any atom is -0.338 e. The Hall–Kier alpha value is -1.69. The number of nitrogens with one attached hydrogen (secondary N) is 1. The van der Waals surface area contributed by atoms with Crippen molar-refractivity contribution in [2.45, 2.75) is 50.5 Å². The number of aromatic amines is 1. The van der Waals surface area contributed by atoms with Crippen LogP contribution in [0.3, 0.4) is 0 Å². The third-order valence-corrected chi connectivity index (χ3v) is 4.80. The van der Waals surface area contributed by atoms with E-state index < -0.39 is 0 Å². The van der Waals surface area contributed by atoms with Gasteiger partial charge >= 0.3 is 0 Å². The highest BCUT2D eigenvalue weighted by Gasteiger charge is 2.32. The molecule has 0 radical (unpaired) electrons. The number of piperidine rings is 1. The van der Waals surface area contributed by atoms with Crippen LogP contribution in [0.1, 0.15) is 67.9 Å². The first-order valence-corrected chi connectivity index (χ1v) is 7.88. The molecule has 1 atom stereocenters. The van der Waals surface area contributed by atoms with Crippen LogP contribution in [0.15, 0.2) is 16.8 Å². The quantitative estimate of drug-likeness (QED) is 0.936. The molecular formula is C15H21N5O. The zero-order chi connectivity index (χ0) is 14.2. The van der Waals surface area contributed by atoms with Gasteiger partial charge in [0.15, 0.2) is 5.82 Å². The molecule has 1 N–H and O–H groups in total. The lowest BCUT2D eigenvalue weighted by atomic mass is 9.93. The van der Waals surface area contributed by atoms with E-state index in [9.17, 15) is 0 Å². The second kappa shape index (κ2) is 5.26. The van der Waals surface area contributed by atoms with E-state index in [0.29, 0.717) is 11.8 Å². The van der Waals surface area contributed by atoms with E-state index in [4.69, 9.17) is 4.52 Å². The molecule has 6 heteroatoms. The van der Waals surface area contributed by atoms with Crippen molar-refractivity contribution in [3.05, 3.63) is 29.7 Å². The second-order valence-electron chi connectivity index (χ2n) is 6.26. The average molecular weight is 287 g/mol.